The van der Waals surface area contributed by atoms with Crippen molar-refractivity contribution in [2.45, 2.75) is 42.7 Å². The first kappa shape index (κ1) is 37.8. The summed E-state index contributed by atoms with van der Waals surface area (Å²) in [7, 11) is 0. The van der Waals surface area contributed by atoms with Gasteiger partial charge in [-0.1, -0.05) is 182 Å². The molecule has 9 rings (SSSR count). The fourth-order valence-electron chi connectivity index (χ4n) is 9.19. The minimum atomic E-state index is -0.956. The van der Waals surface area contributed by atoms with E-state index < -0.39 is 28.8 Å². The van der Waals surface area contributed by atoms with Crippen molar-refractivity contribution in [2.75, 3.05) is 10.6 Å². The summed E-state index contributed by atoms with van der Waals surface area (Å²) in [6.45, 7) is 4.11. The second-order valence-electron chi connectivity index (χ2n) is 15.7. The Hall–Kier alpha value is -6.72. The van der Waals surface area contributed by atoms with Crippen molar-refractivity contribution in [2.24, 2.45) is 0 Å². The molecule has 59 heavy (non-hydrogen) atoms. The zero-order valence-corrected chi connectivity index (χ0v) is 33.4. The van der Waals surface area contributed by atoms with Gasteiger partial charge in [0.05, 0.1) is 10.8 Å². The van der Waals surface area contributed by atoms with Crippen LogP contribution in [0, 0.1) is 0 Å². The van der Waals surface area contributed by atoms with Gasteiger partial charge in [0.15, 0.2) is 5.79 Å². The maximum atomic E-state index is 7.54. The maximum absolute atomic E-state index is 7.54. The van der Waals surface area contributed by atoms with Crippen molar-refractivity contribution in [1.82, 2.24) is 0 Å². The van der Waals surface area contributed by atoms with Crippen LogP contribution in [0.3, 0.4) is 0 Å². The van der Waals surface area contributed by atoms with Gasteiger partial charge in [0.2, 0.25) is 0 Å². The molecule has 0 spiro atoms. The Morgan fingerprint density at radius 3 is 0.797 bits per heavy atom. The van der Waals surface area contributed by atoms with Gasteiger partial charge >= 0.3 is 0 Å². The highest BCUT2D eigenvalue weighted by atomic mass is 16.8. The van der Waals surface area contributed by atoms with E-state index in [0.717, 1.165) is 56.1 Å². The second kappa shape index (κ2) is 16.3. The summed E-state index contributed by atoms with van der Waals surface area (Å²) in [4.78, 5) is 0. The fraction of sp³-hybridized carbons (Fsp3) is 0.127. The largest absolute Gasteiger partial charge is 0.356 e. The molecule has 0 amide bonds. The first-order valence-electron chi connectivity index (χ1n) is 20.4. The maximum Gasteiger partial charge on any atom is 0.163 e. The lowest BCUT2D eigenvalue weighted by atomic mass is 9.57. The number of anilines is 4. The summed E-state index contributed by atoms with van der Waals surface area (Å²) in [6.07, 6.45) is -1.09. The number of benzene rings is 8. The lowest BCUT2D eigenvalue weighted by Crippen LogP contribution is -2.55. The predicted octanol–water partition coefficient (Wildman–Crippen LogP) is 13.1. The van der Waals surface area contributed by atoms with Gasteiger partial charge in [0, 0.05) is 22.7 Å². The van der Waals surface area contributed by atoms with Crippen molar-refractivity contribution in [3.05, 3.63) is 264 Å². The molecular formula is C55H48N2O2. The standard InChI is InChI=1S/C55H48N2O2/c1-53(2)58-51(54(41-21-9-3-10-22-41,42-23-11-4-12-24-42)45-33-37-49(38-34-45)56-47-29-17-7-18-30-47)52(59-53)55(43-25-13-5-14-26-43,44-27-15-6-16-28-44)46-35-39-50(40-36-46)57-48-31-19-8-20-32-48/h3-40,51-52,56-57H,1-2H3/t51-,52-/m1/s1. The van der Waals surface area contributed by atoms with Gasteiger partial charge in [0.25, 0.3) is 0 Å². The summed E-state index contributed by atoms with van der Waals surface area (Å²) in [5, 5.41) is 7.20. The van der Waals surface area contributed by atoms with Gasteiger partial charge in [-0.25, -0.2) is 0 Å². The SMILES string of the molecule is CC1(C)O[C@@H](C(c2ccccc2)(c2ccccc2)c2ccc(Nc3ccccc3)cc2)[C@H](C(c2ccccc2)(c2ccccc2)c2ccc(Nc3ccccc3)cc2)O1. The molecular weight excluding hydrogens is 721 g/mol. The molecule has 0 radical (unpaired) electrons. The van der Waals surface area contributed by atoms with Crippen LogP contribution in [-0.2, 0) is 20.3 Å². The molecule has 1 saturated heterocycles. The molecule has 1 aliphatic heterocycles. The highest BCUT2D eigenvalue weighted by Gasteiger charge is 2.62. The normalized spacial score (nSPS) is 16.3. The Bertz CT molecular complexity index is 2290. The van der Waals surface area contributed by atoms with E-state index in [9.17, 15) is 0 Å². The van der Waals surface area contributed by atoms with Crippen molar-refractivity contribution < 1.29 is 9.47 Å². The summed E-state index contributed by atoms with van der Waals surface area (Å²) < 4.78 is 15.1. The van der Waals surface area contributed by atoms with E-state index in [0.29, 0.717) is 0 Å². The lowest BCUT2D eigenvalue weighted by molar-refractivity contribution is -0.152. The number of hydrogen-bond acceptors (Lipinski definition) is 4. The molecule has 2 atom stereocenters. The summed E-state index contributed by atoms with van der Waals surface area (Å²) in [5.41, 5.74) is 9.06. The molecule has 1 aliphatic rings. The van der Waals surface area contributed by atoms with Gasteiger partial charge in [-0.2, -0.15) is 0 Å². The first-order chi connectivity index (χ1) is 29.0. The monoisotopic (exact) mass is 768 g/mol. The van der Waals surface area contributed by atoms with Crippen LogP contribution in [-0.4, -0.2) is 18.0 Å². The van der Waals surface area contributed by atoms with Crippen LogP contribution in [0.25, 0.3) is 0 Å². The molecule has 2 N–H and O–H groups in total. The number of nitrogens with one attached hydrogen (secondary N) is 2. The van der Waals surface area contributed by atoms with E-state index in [4.69, 9.17) is 9.47 Å². The predicted molar refractivity (Wildman–Crippen MR) is 242 cm³/mol. The van der Waals surface area contributed by atoms with Gasteiger partial charge in [-0.05, 0) is 95.8 Å². The zero-order chi connectivity index (χ0) is 40.1. The number of hydrogen-bond donors (Lipinski definition) is 2. The minimum Gasteiger partial charge on any atom is -0.356 e. The number of rotatable bonds is 12. The molecule has 290 valence electrons. The smallest absolute Gasteiger partial charge is 0.163 e. The number of para-hydroxylation sites is 2. The average Bonchev–Trinajstić information content (AvgIpc) is 3.62. The summed E-state index contributed by atoms with van der Waals surface area (Å²) in [6, 6.07) is 81.7. The van der Waals surface area contributed by atoms with Crippen LogP contribution < -0.4 is 10.6 Å². The average molecular weight is 769 g/mol. The van der Waals surface area contributed by atoms with Gasteiger partial charge in [-0.3, -0.25) is 0 Å². The van der Waals surface area contributed by atoms with Crippen LogP contribution in [0.2, 0.25) is 0 Å². The Labute approximate surface area is 348 Å². The zero-order valence-electron chi connectivity index (χ0n) is 33.4. The van der Waals surface area contributed by atoms with Gasteiger partial charge in [-0.15, -0.1) is 0 Å². The van der Waals surface area contributed by atoms with Gasteiger partial charge in [0.1, 0.15) is 12.2 Å². The minimum absolute atomic E-state index is 0.544. The number of ether oxygens (including phenoxy) is 2. The van der Waals surface area contributed by atoms with E-state index in [2.05, 4.69) is 219 Å². The second-order valence-corrected chi connectivity index (χ2v) is 15.7. The molecule has 1 heterocycles. The van der Waals surface area contributed by atoms with Crippen molar-refractivity contribution in [1.29, 1.82) is 0 Å². The third-order valence-electron chi connectivity index (χ3n) is 11.7. The Morgan fingerprint density at radius 2 is 0.525 bits per heavy atom. The molecule has 0 unspecified atom stereocenters. The molecule has 8 aromatic carbocycles. The van der Waals surface area contributed by atoms with E-state index in [1.807, 2.05) is 36.4 Å². The third kappa shape index (κ3) is 7.23. The first-order valence-corrected chi connectivity index (χ1v) is 20.4. The van der Waals surface area contributed by atoms with E-state index in [-0.39, 0.29) is 0 Å². The molecule has 8 aromatic rings. The van der Waals surface area contributed by atoms with Crippen molar-refractivity contribution in [3.63, 3.8) is 0 Å². The van der Waals surface area contributed by atoms with Crippen LogP contribution in [0.4, 0.5) is 22.7 Å². The van der Waals surface area contributed by atoms with Crippen molar-refractivity contribution in [3.8, 4) is 0 Å². The molecule has 0 bridgehead atoms. The van der Waals surface area contributed by atoms with Crippen molar-refractivity contribution >= 4 is 22.7 Å². The van der Waals surface area contributed by atoms with Crippen LogP contribution in [0.5, 0.6) is 0 Å². The quantitative estimate of drug-likeness (QED) is 0.122. The molecule has 4 nitrogen and oxygen atoms in total. The van der Waals surface area contributed by atoms with Crippen LogP contribution in [0.1, 0.15) is 47.2 Å². The highest BCUT2D eigenvalue weighted by molar-refractivity contribution is 5.65. The van der Waals surface area contributed by atoms with E-state index in [1.54, 1.807) is 0 Å². The lowest BCUT2D eigenvalue weighted by Gasteiger charge is -2.48. The van der Waals surface area contributed by atoms with Gasteiger partial charge < -0.3 is 20.1 Å². The molecule has 0 aliphatic carbocycles. The van der Waals surface area contributed by atoms with E-state index in [1.165, 1.54) is 0 Å². The fourth-order valence-corrected chi connectivity index (χ4v) is 9.19. The Balaban J connectivity index is 1.31. The Morgan fingerprint density at radius 1 is 0.305 bits per heavy atom. The van der Waals surface area contributed by atoms with E-state index >= 15 is 0 Å². The highest BCUT2D eigenvalue weighted by Crippen LogP contribution is 2.56. The molecule has 4 heteroatoms. The van der Waals surface area contributed by atoms with Crippen LogP contribution >= 0.6 is 0 Å². The molecule has 1 fully saturated rings. The topological polar surface area (TPSA) is 42.5 Å². The molecule has 0 aromatic heterocycles. The summed E-state index contributed by atoms with van der Waals surface area (Å²) in [5.74, 6) is -0.956. The third-order valence-corrected chi connectivity index (χ3v) is 11.7. The van der Waals surface area contributed by atoms with Crippen LogP contribution in [0.15, 0.2) is 231 Å². The Kier molecular flexibility index (Phi) is 10.4. The summed E-state index contributed by atoms with van der Waals surface area (Å²) >= 11 is 0. The molecule has 0 saturated carbocycles.